The molecule has 0 unspecified atom stereocenters. The predicted octanol–water partition coefficient (Wildman–Crippen LogP) is 15.8. The van der Waals surface area contributed by atoms with Crippen LogP contribution in [0.2, 0.25) is 0 Å². The molecule has 0 heterocycles. The predicted molar refractivity (Wildman–Crippen MR) is 245 cm³/mol. The van der Waals surface area contributed by atoms with Crippen molar-refractivity contribution in [3.05, 3.63) is 179 Å². The van der Waals surface area contributed by atoms with E-state index in [1.165, 1.54) is 121 Å². The third kappa shape index (κ3) is 4.86. The summed E-state index contributed by atoms with van der Waals surface area (Å²) in [6, 6.07) is 56.2. The summed E-state index contributed by atoms with van der Waals surface area (Å²) in [5.41, 5.74) is 21.4. The van der Waals surface area contributed by atoms with Gasteiger partial charge in [-0.15, -0.1) is 0 Å². The van der Waals surface area contributed by atoms with Gasteiger partial charge in [0.25, 0.3) is 0 Å². The smallest absolute Gasteiger partial charge is 0.0159 e. The summed E-state index contributed by atoms with van der Waals surface area (Å²) in [6.45, 7) is 18.7. The maximum absolute atomic E-state index is 2.49. The van der Waals surface area contributed by atoms with Crippen LogP contribution in [-0.2, 0) is 16.2 Å². The molecule has 2 aliphatic rings. The van der Waals surface area contributed by atoms with Crippen molar-refractivity contribution in [2.24, 2.45) is 0 Å². The summed E-state index contributed by atoms with van der Waals surface area (Å²) < 4.78 is 0. The van der Waals surface area contributed by atoms with Gasteiger partial charge >= 0.3 is 0 Å². The fraction of sp³-hybridized carbons (Fsp3) is 0.193. The van der Waals surface area contributed by atoms with Gasteiger partial charge in [-0.3, -0.25) is 0 Å². The second-order valence-electron chi connectivity index (χ2n) is 19.0. The molecule has 2 aliphatic carbocycles. The Balaban J connectivity index is 0.965. The Bertz CT molecular complexity index is 3140. The van der Waals surface area contributed by atoms with Crippen LogP contribution in [0.4, 0.5) is 0 Å². The van der Waals surface area contributed by atoms with Crippen LogP contribution in [0.1, 0.15) is 81.8 Å². The zero-order chi connectivity index (χ0) is 39.2. The van der Waals surface area contributed by atoms with Crippen molar-refractivity contribution in [2.45, 2.75) is 71.6 Å². The highest BCUT2D eigenvalue weighted by atomic mass is 14.4. The van der Waals surface area contributed by atoms with Gasteiger partial charge in [-0.25, -0.2) is 0 Å². The van der Waals surface area contributed by atoms with Gasteiger partial charge in [0.2, 0.25) is 0 Å². The number of hydrogen-bond acceptors (Lipinski definition) is 0. The molecule has 9 aromatic carbocycles. The number of hydrogen-bond donors (Lipinski definition) is 0. The minimum Gasteiger partial charge on any atom is -0.0620 e. The van der Waals surface area contributed by atoms with Crippen molar-refractivity contribution < 1.29 is 0 Å². The first-order chi connectivity index (χ1) is 27.3. The van der Waals surface area contributed by atoms with E-state index >= 15 is 0 Å². The van der Waals surface area contributed by atoms with Crippen molar-refractivity contribution >= 4 is 32.3 Å². The van der Waals surface area contributed by atoms with Gasteiger partial charge in [0, 0.05) is 10.8 Å². The van der Waals surface area contributed by atoms with E-state index < -0.39 is 0 Å². The van der Waals surface area contributed by atoms with E-state index in [0.29, 0.717) is 0 Å². The topological polar surface area (TPSA) is 0 Å². The SMILES string of the molecule is Cc1ccccc1-c1ccc2c(c1)C(C)(C)c1cc(-c3ccc4c(c3)C(C)(C)c3cc(-c5ccc6ccc7cc(C(C)(C)C)cc8ccc5c6c78)ccc3-4)ccc1-2. The van der Waals surface area contributed by atoms with E-state index in [1.807, 2.05) is 0 Å². The van der Waals surface area contributed by atoms with E-state index in [2.05, 4.69) is 201 Å². The Morgan fingerprint density at radius 1 is 0.368 bits per heavy atom. The standard InChI is InChI=1S/C57H48/c1-33-11-9-10-12-42(33)37-18-24-46-44-22-16-35(29-49(44)56(5,6)51(46)31-37)36-17-23-45-47-25-19-38(32-52(47)57(7,8)50(45)30-36)43-21-15-34-13-14-39-27-41(55(2,3)4)28-40-20-26-48(43)54(34)53(39)40/h9-32H,1-8H3. The summed E-state index contributed by atoms with van der Waals surface area (Å²) in [5, 5.41) is 8.06. The summed E-state index contributed by atoms with van der Waals surface area (Å²) >= 11 is 0. The van der Waals surface area contributed by atoms with Crippen molar-refractivity contribution in [3.63, 3.8) is 0 Å². The Kier molecular flexibility index (Phi) is 6.95. The highest BCUT2D eigenvalue weighted by molar-refractivity contribution is 6.25. The second-order valence-corrected chi connectivity index (χ2v) is 19.0. The molecule has 0 amide bonds. The summed E-state index contributed by atoms with van der Waals surface area (Å²) in [4.78, 5) is 0. The van der Waals surface area contributed by atoms with Gasteiger partial charge in [0.05, 0.1) is 0 Å². The average molecular weight is 733 g/mol. The normalized spacial score (nSPS) is 14.9. The van der Waals surface area contributed by atoms with E-state index in [-0.39, 0.29) is 16.2 Å². The molecule has 0 bridgehead atoms. The first kappa shape index (κ1) is 34.3. The number of fused-ring (bicyclic) bond motifs is 6. The Hall–Kier alpha value is -5.98. The summed E-state index contributed by atoms with van der Waals surface area (Å²) in [5.74, 6) is 0. The molecule has 276 valence electrons. The monoisotopic (exact) mass is 732 g/mol. The van der Waals surface area contributed by atoms with Crippen molar-refractivity contribution in [3.8, 4) is 55.6 Å². The molecule has 0 radical (unpaired) electrons. The molecule has 0 spiro atoms. The summed E-state index contributed by atoms with van der Waals surface area (Å²) in [6.07, 6.45) is 0. The first-order valence-electron chi connectivity index (χ1n) is 20.7. The Morgan fingerprint density at radius 3 is 1.32 bits per heavy atom. The minimum absolute atomic E-state index is 0.0947. The number of aryl methyl sites for hydroxylation is 1. The molecular weight excluding hydrogens is 685 g/mol. The second kappa shape index (κ2) is 11.5. The number of rotatable bonds is 3. The Labute approximate surface area is 337 Å². The fourth-order valence-electron chi connectivity index (χ4n) is 10.6. The lowest BCUT2D eigenvalue weighted by Gasteiger charge is -2.24. The molecule has 0 saturated heterocycles. The van der Waals surface area contributed by atoms with E-state index in [1.54, 1.807) is 0 Å². The summed E-state index contributed by atoms with van der Waals surface area (Å²) in [7, 11) is 0. The van der Waals surface area contributed by atoms with Gasteiger partial charge in [-0.2, -0.15) is 0 Å². The van der Waals surface area contributed by atoms with Crippen LogP contribution in [0.3, 0.4) is 0 Å². The quantitative estimate of drug-likeness (QED) is 0.159. The largest absolute Gasteiger partial charge is 0.0620 e. The highest BCUT2D eigenvalue weighted by Crippen LogP contribution is 2.54. The molecule has 0 heteroatoms. The van der Waals surface area contributed by atoms with Crippen LogP contribution in [0, 0.1) is 6.92 Å². The van der Waals surface area contributed by atoms with Crippen LogP contribution in [0.25, 0.3) is 88.0 Å². The van der Waals surface area contributed by atoms with Gasteiger partial charge in [0.15, 0.2) is 0 Å². The molecular formula is C57H48. The van der Waals surface area contributed by atoms with Crippen LogP contribution < -0.4 is 0 Å². The Morgan fingerprint density at radius 2 is 0.789 bits per heavy atom. The van der Waals surface area contributed by atoms with Gasteiger partial charge in [0.1, 0.15) is 0 Å². The maximum Gasteiger partial charge on any atom is 0.0159 e. The highest BCUT2D eigenvalue weighted by Gasteiger charge is 2.38. The zero-order valence-corrected chi connectivity index (χ0v) is 34.4. The van der Waals surface area contributed by atoms with Crippen molar-refractivity contribution in [2.75, 3.05) is 0 Å². The molecule has 0 saturated carbocycles. The van der Waals surface area contributed by atoms with Gasteiger partial charge in [-0.05, 0) is 158 Å². The van der Waals surface area contributed by atoms with Crippen LogP contribution >= 0.6 is 0 Å². The fourth-order valence-corrected chi connectivity index (χ4v) is 10.6. The molecule has 0 aromatic heterocycles. The lowest BCUT2D eigenvalue weighted by molar-refractivity contribution is 0.591. The first-order valence-corrected chi connectivity index (χ1v) is 20.7. The van der Waals surface area contributed by atoms with E-state index in [4.69, 9.17) is 0 Å². The lowest BCUT2D eigenvalue weighted by Crippen LogP contribution is -2.15. The van der Waals surface area contributed by atoms with Gasteiger partial charge < -0.3 is 0 Å². The minimum atomic E-state index is -0.137. The van der Waals surface area contributed by atoms with Crippen LogP contribution in [0.15, 0.2) is 146 Å². The lowest BCUT2D eigenvalue weighted by atomic mass is 9.79. The van der Waals surface area contributed by atoms with E-state index in [0.717, 1.165) is 0 Å². The molecule has 57 heavy (non-hydrogen) atoms. The molecule has 0 fully saturated rings. The third-order valence-electron chi connectivity index (χ3n) is 13.9. The molecule has 0 N–H and O–H groups in total. The zero-order valence-electron chi connectivity index (χ0n) is 34.4. The molecule has 9 aromatic rings. The van der Waals surface area contributed by atoms with Crippen molar-refractivity contribution in [1.29, 1.82) is 0 Å². The van der Waals surface area contributed by atoms with Gasteiger partial charge in [-0.1, -0.05) is 170 Å². The van der Waals surface area contributed by atoms with Crippen LogP contribution in [-0.4, -0.2) is 0 Å². The van der Waals surface area contributed by atoms with Crippen molar-refractivity contribution in [1.82, 2.24) is 0 Å². The third-order valence-corrected chi connectivity index (χ3v) is 13.9. The molecule has 0 nitrogen and oxygen atoms in total. The molecule has 11 rings (SSSR count). The van der Waals surface area contributed by atoms with Crippen LogP contribution in [0.5, 0.6) is 0 Å². The maximum atomic E-state index is 2.49. The molecule has 0 atom stereocenters. The number of benzene rings is 9. The average Bonchev–Trinajstić information content (AvgIpc) is 3.57. The molecule has 0 aliphatic heterocycles. The van der Waals surface area contributed by atoms with E-state index in [9.17, 15) is 0 Å².